The monoisotopic (exact) mass is 212 g/mol. The Bertz CT molecular complexity index is 372. The summed E-state index contributed by atoms with van der Waals surface area (Å²) in [4.78, 5) is 21.9. The average molecular weight is 212 g/mol. The van der Waals surface area contributed by atoms with Crippen LogP contribution in [-0.4, -0.2) is 33.4 Å². The van der Waals surface area contributed by atoms with Crippen molar-refractivity contribution in [3.8, 4) is 0 Å². The number of aliphatic carboxylic acids is 1. The molecule has 0 saturated carbocycles. The highest BCUT2D eigenvalue weighted by Crippen LogP contribution is 2.07. The number of esters is 1. The maximum Gasteiger partial charge on any atom is 0.341 e. The van der Waals surface area contributed by atoms with Crippen LogP contribution in [0.1, 0.15) is 30.2 Å². The minimum atomic E-state index is -1.01. The standard InChI is InChI=1S/C9H12N2O4/c1-3-15-9(14)7-4-10-11(5-7)6(2)8(12)13/h4-6H,3H2,1-2H3,(H,12,13). The molecule has 15 heavy (non-hydrogen) atoms. The van der Waals surface area contributed by atoms with Gasteiger partial charge in [0.25, 0.3) is 0 Å². The van der Waals surface area contributed by atoms with E-state index in [4.69, 9.17) is 9.84 Å². The topological polar surface area (TPSA) is 81.4 Å². The predicted molar refractivity (Wildman–Crippen MR) is 50.5 cm³/mol. The Morgan fingerprint density at radius 2 is 2.33 bits per heavy atom. The summed E-state index contributed by atoms with van der Waals surface area (Å²) in [5.41, 5.74) is 0.255. The van der Waals surface area contributed by atoms with Crippen molar-refractivity contribution >= 4 is 11.9 Å². The van der Waals surface area contributed by atoms with Gasteiger partial charge in [-0.25, -0.2) is 9.59 Å². The lowest BCUT2D eigenvalue weighted by molar-refractivity contribution is -0.140. The van der Waals surface area contributed by atoms with Gasteiger partial charge in [0.15, 0.2) is 0 Å². The van der Waals surface area contributed by atoms with Crippen molar-refractivity contribution in [2.24, 2.45) is 0 Å². The van der Waals surface area contributed by atoms with Gasteiger partial charge >= 0.3 is 11.9 Å². The van der Waals surface area contributed by atoms with Gasteiger partial charge in [-0.05, 0) is 13.8 Å². The number of nitrogens with zero attached hydrogens (tertiary/aromatic N) is 2. The molecule has 6 heteroatoms. The van der Waals surface area contributed by atoms with Crippen LogP contribution in [0.4, 0.5) is 0 Å². The van der Waals surface area contributed by atoms with Crippen molar-refractivity contribution in [2.75, 3.05) is 6.61 Å². The molecule has 0 radical (unpaired) electrons. The van der Waals surface area contributed by atoms with Crippen LogP contribution in [-0.2, 0) is 9.53 Å². The van der Waals surface area contributed by atoms with E-state index in [-0.39, 0.29) is 12.2 Å². The second-order valence-corrected chi connectivity index (χ2v) is 2.94. The Balaban J connectivity index is 2.80. The fourth-order valence-corrected chi connectivity index (χ4v) is 0.983. The fourth-order valence-electron chi connectivity index (χ4n) is 0.983. The number of hydrogen-bond acceptors (Lipinski definition) is 4. The molecule has 1 rings (SSSR count). The van der Waals surface area contributed by atoms with Gasteiger partial charge in [-0.1, -0.05) is 0 Å². The third kappa shape index (κ3) is 2.55. The number of rotatable bonds is 4. The van der Waals surface area contributed by atoms with Crippen LogP contribution >= 0.6 is 0 Å². The van der Waals surface area contributed by atoms with Crippen LogP contribution in [0.5, 0.6) is 0 Å². The Morgan fingerprint density at radius 3 is 2.87 bits per heavy atom. The van der Waals surface area contributed by atoms with Crippen molar-refractivity contribution in [1.82, 2.24) is 9.78 Å². The number of hydrogen-bond donors (Lipinski definition) is 1. The van der Waals surface area contributed by atoms with Crippen LogP contribution in [0, 0.1) is 0 Å². The molecule has 0 amide bonds. The van der Waals surface area contributed by atoms with Crippen molar-refractivity contribution in [3.63, 3.8) is 0 Å². The van der Waals surface area contributed by atoms with E-state index in [9.17, 15) is 9.59 Å². The molecule has 0 aromatic carbocycles. The van der Waals surface area contributed by atoms with Gasteiger partial charge in [0, 0.05) is 6.20 Å². The Kier molecular flexibility index (Phi) is 3.43. The summed E-state index contributed by atoms with van der Waals surface area (Å²) in [6.45, 7) is 3.45. The third-order valence-electron chi connectivity index (χ3n) is 1.87. The lowest BCUT2D eigenvalue weighted by atomic mass is 10.3. The molecule has 1 aromatic heterocycles. The van der Waals surface area contributed by atoms with E-state index in [0.29, 0.717) is 0 Å². The smallest absolute Gasteiger partial charge is 0.341 e. The first-order valence-corrected chi connectivity index (χ1v) is 4.50. The van der Waals surface area contributed by atoms with Gasteiger partial charge in [-0.2, -0.15) is 5.10 Å². The Morgan fingerprint density at radius 1 is 1.67 bits per heavy atom. The quantitative estimate of drug-likeness (QED) is 0.743. The summed E-state index contributed by atoms with van der Waals surface area (Å²) >= 11 is 0. The summed E-state index contributed by atoms with van der Waals surface area (Å²) in [6, 6.07) is -0.798. The molecule has 0 spiro atoms. The Labute approximate surface area is 86.5 Å². The second-order valence-electron chi connectivity index (χ2n) is 2.94. The predicted octanol–water partition coefficient (Wildman–Crippen LogP) is 0.705. The van der Waals surface area contributed by atoms with E-state index in [1.54, 1.807) is 6.92 Å². The van der Waals surface area contributed by atoms with Gasteiger partial charge in [0.05, 0.1) is 18.4 Å². The van der Waals surface area contributed by atoms with Gasteiger partial charge in [-0.3, -0.25) is 4.68 Å². The number of carbonyl (C=O) groups excluding carboxylic acids is 1. The van der Waals surface area contributed by atoms with E-state index >= 15 is 0 Å². The lowest BCUT2D eigenvalue weighted by Gasteiger charge is -2.04. The zero-order valence-electron chi connectivity index (χ0n) is 8.51. The highest BCUT2D eigenvalue weighted by Gasteiger charge is 2.16. The molecule has 1 unspecified atom stereocenters. The molecular formula is C9H12N2O4. The molecule has 1 heterocycles. The van der Waals surface area contributed by atoms with Crippen LogP contribution in [0.2, 0.25) is 0 Å². The zero-order valence-corrected chi connectivity index (χ0v) is 8.51. The van der Waals surface area contributed by atoms with Crippen LogP contribution in [0.15, 0.2) is 12.4 Å². The summed E-state index contributed by atoms with van der Waals surface area (Å²) < 4.78 is 5.94. The van der Waals surface area contributed by atoms with E-state index in [1.165, 1.54) is 24.0 Å². The third-order valence-corrected chi connectivity index (χ3v) is 1.87. The Hall–Kier alpha value is -1.85. The zero-order chi connectivity index (χ0) is 11.4. The minimum absolute atomic E-state index is 0.255. The first-order chi connectivity index (χ1) is 7.06. The highest BCUT2D eigenvalue weighted by molar-refractivity contribution is 5.88. The largest absolute Gasteiger partial charge is 0.480 e. The molecule has 82 valence electrons. The highest BCUT2D eigenvalue weighted by atomic mass is 16.5. The number of carboxylic acids is 1. The van der Waals surface area contributed by atoms with E-state index < -0.39 is 18.0 Å². The van der Waals surface area contributed by atoms with Crippen molar-refractivity contribution < 1.29 is 19.4 Å². The molecule has 0 aliphatic heterocycles. The molecule has 0 fully saturated rings. The molecule has 1 N–H and O–H groups in total. The molecule has 0 aliphatic carbocycles. The van der Waals surface area contributed by atoms with Crippen LogP contribution in [0.25, 0.3) is 0 Å². The van der Waals surface area contributed by atoms with Crippen LogP contribution < -0.4 is 0 Å². The number of carboxylic acid groups (broad SMARTS) is 1. The molecule has 6 nitrogen and oxygen atoms in total. The molecule has 1 aromatic rings. The van der Waals surface area contributed by atoms with Crippen molar-refractivity contribution in [3.05, 3.63) is 18.0 Å². The van der Waals surface area contributed by atoms with E-state index in [2.05, 4.69) is 5.10 Å². The number of ether oxygens (including phenoxy) is 1. The molecule has 0 aliphatic rings. The average Bonchev–Trinajstić information content (AvgIpc) is 2.65. The van der Waals surface area contributed by atoms with Gasteiger partial charge in [-0.15, -0.1) is 0 Å². The number of carbonyl (C=O) groups is 2. The maximum atomic E-state index is 11.2. The maximum absolute atomic E-state index is 11.2. The van der Waals surface area contributed by atoms with Gasteiger partial charge in [0.1, 0.15) is 6.04 Å². The summed E-state index contributed by atoms with van der Waals surface area (Å²) in [5.74, 6) is -1.50. The lowest BCUT2D eigenvalue weighted by Crippen LogP contribution is -2.15. The van der Waals surface area contributed by atoms with Gasteiger partial charge < -0.3 is 9.84 Å². The first-order valence-electron chi connectivity index (χ1n) is 4.50. The second kappa shape index (κ2) is 4.59. The molecular weight excluding hydrogens is 200 g/mol. The van der Waals surface area contributed by atoms with Gasteiger partial charge in [0.2, 0.25) is 0 Å². The molecule has 0 saturated heterocycles. The van der Waals surface area contributed by atoms with Crippen molar-refractivity contribution in [1.29, 1.82) is 0 Å². The molecule has 0 bridgehead atoms. The fraction of sp³-hybridized carbons (Fsp3) is 0.444. The minimum Gasteiger partial charge on any atom is -0.480 e. The molecule has 1 atom stereocenters. The SMILES string of the molecule is CCOC(=O)c1cnn(C(C)C(=O)O)c1. The van der Waals surface area contributed by atoms with Crippen LogP contribution in [0.3, 0.4) is 0 Å². The number of aromatic nitrogens is 2. The summed E-state index contributed by atoms with van der Waals surface area (Å²) in [7, 11) is 0. The normalized spacial score (nSPS) is 12.1. The first kappa shape index (κ1) is 11.2. The van der Waals surface area contributed by atoms with E-state index in [1.807, 2.05) is 0 Å². The van der Waals surface area contributed by atoms with Crippen molar-refractivity contribution in [2.45, 2.75) is 19.9 Å². The van der Waals surface area contributed by atoms with E-state index in [0.717, 1.165) is 0 Å². The summed E-state index contributed by atoms with van der Waals surface area (Å²) in [6.07, 6.45) is 2.65. The summed E-state index contributed by atoms with van der Waals surface area (Å²) in [5, 5.41) is 12.5.